The Morgan fingerprint density at radius 1 is 1.17 bits per heavy atom. The summed E-state index contributed by atoms with van der Waals surface area (Å²) in [6.45, 7) is 11.4. The first kappa shape index (κ1) is 20.0. The van der Waals surface area contributed by atoms with Gasteiger partial charge in [0, 0.05) is 35.5 Å². The van der Waals surface area contributed by atoms with Gasteiger partial charge in [-0.05, 0) is 43.0 Å². The third-order valence-electron chi connectivity index (χ3n) is 5.65. The number of benzene rings is 2. The third kappa shape index (κ3) is 4.48. The van der Waals surface area contributed by atoms with Crippen LogP contribution < -0.4 is 10.6 Å². The minimum Gasteiger partial charge on any atom is -0.388 e. The van der Waals surface area contributed by atoms with E-state index in [1.165, 1.54) is 11.1 Å². The highest BCUT2D eigenvalue weighted by molar-refractivity contribution is 5.67. The van der Waals surface area contributed by atoms with E-state index in [0.717, 1.165) is 60.8 Å². The van der Waals surface area contributed by atoms with Gasteiger partial charge in [0.05, 0.1) is 11.4 Å². The summed E-state index contributed by atoms with van der Waals surface area (Å²) in [7, 11) is 0. The predicted molar refractivity (Wildman–Crippen MR) is 126 cm³/mol. The lowest BCUT2D eigenvalue weighted by Gasteiger charge is -2.26. The van der Waals surface area contributed by atoms with E-state index in [-0.39, 0.29) is 0 Å². The number of hydrogen-bond acceptors (Lipinski definition) is 3. The Labute approximate surface area is 179 Å². The largest absolute Gasteiger partial charge is 0.388 e. The zero-order valence-electron chi connectivity index (χ0n) is 17.7. The lowest BCUT2D eigenvalue weighted by molar-refractivity contribution is 0.472. The van der Waals surface area contributed by atoms with Crippen LogP contribution in [0.5, 0.6) is 0 Å². The van der Waals surface area contributed by atoms with Gasteiger partial charge in [0.25, 0.3) is 0 Å². The Morgan fingerprint density at radius 2 is 2.00 bits per heavy atom. The third-order valence-corrected chi connectivity index (χ3v) is 5.65. The second-order valence-electron chi connectivity index (χ2n) is 7.98. The molecule has 1 aliphatic heterocycles. The molecule has 3 aromatic rings. The van der Waals surface area contributed by atoms with Crippen LogP contribution >= 0.6 is 0 Å². The van der Waals surface area contributed by atoms with Crippen LogP contribution in [-0.4, -0.2) is 16.3 Å². The van der Waals surface area contributed by atoms with Gasteiger partial charge in [-0.1, -0.05) is 62.9 Å². The molecule has 0 bridgehead atoms. The quantitative estimate of drug-likeness (QED) is 0.518. The molecule has 2 N–H and O–H groups in total. The number of nitrogens with zero attached hydrogens (tertiary/aromatic N) is 2. The van der Waals surface area contributed by atoms with E-state index in [1.54, 1.807) is 0 Å². The first-order valence-corrected chi connectivity index (χ1v) is 10.8. The summed E-state index contributed by atoms with van der Waals surface area (Å²) in [6.07, 6.45) is 4.26. The summed E-state index contributed by atoms with van der Waals surface area (Å²) >= 11 is 0. The maximum atomic E-state index is 4.89. The van der Waals surface area contributed by atoms with E-state index in [1.807, 2.05) is 22.9 Å². The molecular weight excluding hydrogens is 368 g/mol. The molecule has 1 unspecified atom stereocenters. The minimum atomic E-state index is 0.369. The maximum Gasteiger partial charge on any atom is 0.153 e. The van der Waals surface area contributed by atoms with Crippen molar-refractivity contribution < 1.29 is 0 Å². The van der Waals surface area contributed by atoms with Crippen molar-refractivity contribution in [2.24, 2.45) is 5.92 Å². The van der Waals surface area contributed by atoms with Crippen LogP contribution in [0, 0.1) is 5.92 Å². The van der Waals surface area contributed by atoms with Gasteiger partial charge in [0.2, 0.25) is 0 Å². The second-order valence-corrected chi connectivity index (χ2v) is 7.98. The Morgan fingerprint density at radius 3 is 2.73 bits per heavy atom. The van der Waals surface area contributed by atoms with E-state index in [0.29, 0.717) is 5.92 Å². The van der Waals surface area contributed by atoms with E-state index in [2.05, 4.69) is 73.2 Å². The number of anilines is 1. The van der Waals surface area contributed by atoms with Crippen LogP contribution in [0.3, 0.4) is 0 Å². The van der Waals surface area contributed by atoms with Crippen LogP contribution in [0.25, 0.3) is 16.9 Å². The standard InChI is InChI=1S/C26H30N4/c1-4-9-21-10-8-11-22(16-21)25-17-26(29-30(25)24-12-6-5-7-13-24)28-20(3)23-15-14-19(2)27-18-23/h5-8,10-13,16-17,23,27H,2-4,9,14-15,18H2,1H3,(H,28,29). The fraction of sp³-hybridized carbons (Fsp3) is 0.269. The number of aromatic nitrogens is 2. The fourth-order valence-electron chi connectivity index (χ4n) is 3.96. The van der Waals surface area contributed by atoms with Crippen molar-refractivity contribution in [2.75, 3.05) is 11.9 Å². The molecule has 154 valence electrons. The molecule has 1 aliphatic rings. The van der Waals surface area contributed by atoms with Crippen LogP contribution in [-0.2, 0) is 6.42 Å². The molecule has 1 atom stereocenters. The highest BCUT2D eigenvalue weighted by atomic mass is 15.3. The van der Waals surface area contributed by atoms with Crippen LogP contribution in [0.4, 0.5) is 5.82 Å². The Balaban J connectivity index is 1.65. The lowest BCUT2D eigenvalue weighted by atomic mass is 9.95. The first-order valence-electron chi connectivity index (χ1n) is 10.8. The number of aryl methyl sites for hydroxylation is 1. The lowest BCUT2D eigenvalue weighted by Crippen LogP contribution is -2.30. The van der Waals surface area contributed by atoms with Gasteiger partial charge in [-0.2, -0.15) is 0 Å². The summed E-state index contributed by atoms with van der Waals surface area (Å²) in [5.74, 6) is 1.19. The normalized spacial score (nSPS) is 16.2. The molecule has 2 heterocycles. The summed E-state index contributed by atoms with van der Waals surface area (Å²) < 4.78 is 2.02. The molecular formula is C26H30N4. The maximum absolute atomic E-state index is 4.89. The topological polar surface area (TPSA) is 41.9 Å². The van der Waals surface area contributed by atoms with Crippen molar-refractivity contribution in [1.29, 1.82) is 0 Å². The van der Waals surface area contributed by atoms with Crippen molar-refractivity contribution in [2.45, 2.75) is 32.6 Å². The summed E-state index contributed by atoms with van der Waals surface area (Å²) in [4.78, 5) is 0. The molecule has 30 heavy (non-hydrogen) atoms. The van der Waals surface area contributed by atoms with Gasteiger partial charge >= 0.3 is 0 Å². The molecule has 0 saturated carbocycles. The molecule has 1 aromatic heterocycles. The molecule has 4 heteroatoms. The Bertz CT molecular complexity index is 1020. The molecule has 2 aromatic carbocycles. The molecule has 1 fully saturated rings. The van der Waals surface area contributed by atoms with E-state index < -0.39 is 0 Å². The van der Waals surface area contributed by atoms with Gasteiger partial charge in [0.15, 0.2) is 5.82 Å². The summed E-state index contributed by atoms with van der Waals surface area (Å²) in [5, 5.41) is 11.7. The molecule has 0 radical (unpaired) electrons. The van der Waals surface area contributed by atoms with Gasteiger partial charge < -0.3 is 10.6 Å². The number of nitrogens with one attached hydrogen (secondary N) is 2. The molecule has 4 nitrogen and oxygen atoms in total. The van der Waals surface area contributed by atoms with Gasteiger partial charge in [-0.3, -0.25) is 0 Å². The van der Waals surface area contributed by atoms with E-state index in [9.17, 15) is 0 Å². The second kappa shape index (κ2) is 9.04. The van der Waals surface area contributed by atoms with Gasteiger partial charge in [0.1, 0.15) is 0 Å². The van der Waals surface area contributed by atoms with E-state index in [4.69, 9.17) is 5.10 Å². The number of para-hydroxylation sites is 1. The average molecular weight is 399 g/mol. The molecule has 1 saturated heterocycles. The van der Waals surface area contributed by atoms with Crippen LogP contribution in [0.15, 0.2) is 85.2 Å². The SMILES string of the molecule is C=C1CCC(C(=C)Nc2cc(-c3cccc(CCC)c3)n(-c3ccccc3)n2)CN1. The first-order chi connectivity index (χ1) is 14.6. The number of allylic oxidation sites excluding steroid dienone is 1. The fourth-order valence-corrected chi connectivity index (χ4v) is 3.96. The molecule has 0 aliphatic carbocycles. The van der Waals surface area contributed by atoms with Crippen LogP contribution in [0.2, 0.25) is 0 Å². The van der Waals surface area contributed by atoms with Crippen molar-refractivity contribution in [1.82, 2.24) is 15.1 Å². The number of piperidine rings is 1. The van der Waals surface area contributed by atoms with Gasteiger partial charge in [-0.25, -0.2) is 4.68 Å². The van der Waals surface area contributed by atoms with Crippen molar-refractivity contribution in [3.05, 3.63) is 90.8 Å². The van der Waals surface area contributed by atoms with Crippen molar-refractivity contribution in [3.8, 4) is 16.9 Å². The Hall–Kier alpha value is -3.27. The number of hydrogen-bond donors (Lipinski definition) is 2. The minimum absolute atomic E-state index is 0.369. The summed E-state index contributed by atoms with van der Waals surface area (Å²) in [6, 6.07) is 21.2. The highest BCUT2D eigenvalue weighted by Gasteiger charge is 2.19. The Kier molecular flexibility index (Phi) is 6.03. The molecule has 0 spiro atoms. The molecule has 4 rings (SSSR count). The predicted octanol–water partition coefficient (Wildman–Crippen LogP) is 5.93. The monoisotopic (exact) mass is 398 g/mol. The highest BCUT2D eigenvalue weighted by Crippen LogP contribution is 2.29. The van der Waals surface area contributed by atoms with Crippen molar-refractivity contribution >= 4 is 5.82 Å². The summed E-state index contributed by atoms with van der Waals surface area (Å²) in [5.41, 5.74) is 6.75. The zero-order chi connectivity index (χ0) is 20.9. The molecule has 0 amide bonds. The van der Waals surface area contributed by atoms with Gasteiger partial charge in [-0.15, -0.1) is 5.10 Å². The smallest absolute Gasteiger partial charge is 0.153 e. The zero-order valence-corrected chi connectivity index (χ0v) is 17.7. The van der Waals surface area contributed by atoms with E-state index >= 15 is 0 Å². The van der Waals surface area contributed by atoms with Crippen LogP contribution in [0.1, 0.15) is 31.7 Å². The van der Waals surface area contributed by atoms with Crippen molar-refractivity contribution in [3.63, 3.8) is 0 Å². The number of rotatable bonds is 7. The average Bonchev–Trinajstić information content (AvgIpc) is 3.19.